The highest BCUT2D eigenvalue weighted by atomic mass is 35.5. The van der Waals surface area contributed by atoms with Crippen LogP contribution in [0.2, 0.25) is 5.28 Å². The summed E-state index contributed by atoms with van der Waals surface area (Å²) in [5, 5.41) is 24.4. The third-order valence-electron chi connectivity index (χ3n) is 5.51. The molecule has 19 heteroatoms. The molecule has 0 bridgehead atoms. The van der Waals surface area contributed by atoms with E-state index < -0.39 is 37.9 Å². The first-order chi connectivity index (χ1) is 20.1. The molecule has 16 nitrogen and oxygen atoms in total. The van der Waals surface area contributed by atoms with Crippen LogP contribution in [0.5, 0.6) is 5.88 Å². The number of azo groups is 1. The smallest absolute Gasteiger partial charge is 0.425 e. The minimum atomic E-state index is -4.48. The van der Waals surface area contributed by atoms with Gasteiger partial charge in [-0.25, -0.2) is 0 Å². The molecule has 0 aliphatic heterocycles. The van der Waals surface area contributed by atoms with Crippen LogP contribution in [0.25, 0.3) is 0 Å². The number of anilines is 4. The van der Waals surface area contributed by atoms with Gasteiger partial charge in [-0.15, -0.1) is 17.7 Å². The predicted octanol–water partition coefficient (Wildman–Crippen LogP) is 4.08. The summed E-state index contributed by atoms with van der Waals surface area (Å²) in [6, 6.07) is 14.3. The number of halogens is 1. The Kier molecular flexibility index (Phi) is 10.6. The molecule has 0 aliphatic carbocycles. The van der Waals surface area contributed by atoms with Gasteiger partial charge in [-0.2, -0.15) is 28.5 Å². The second-order valence-electron chi connectivity index (χ2n) is 8.69. The van der Waals surface area contributed by atoms with E-state index in [2.05, 4.69) is 35.8 Å². The van der Waals surface area contributed by atoms with Crippen molar-refractivity contribution in [3.63, 3.8) is 0 Å². The van der Waals surface area contributed by atoms with Crippen molar-refractivity contribution >= 4 is 67.0 Å². The predicted molar refractivity (Wildman–Crippen MR) is 158 cm³/mol. The van der Waals surface area contributed by atoms with Gasteiger partial charge in [-0.05, 0) is 61.3 Å². The lowest BCUT2D eigenvalue weighted by Crippen LogP contribution is -2.20. The summed E-state index contributed by atoms with van der Waals surface area (Å²) < 4.78 is 58.2. The number of hydrogen-bond donors (Lipinski definition) is 4. The molecule has 0 radical (unpaired) electrons. The van der Waals surface area contributed by atoms with E-state index in [4.69, 9.17) is 24.2 Å². The number of nitrogens with zero attached hydrogens (tertiary/aromatic N) is 6. The Labute approximate surface area is 252 Å². The molecule has 0 saturated carbocycles. The molecule has 0 atom stereocenters. The molecule has 4 aromatic rings. The van der Waals surface area contributed by atoms with E-state index in [9.17, 15) is 22.9 Å². The van der Waals surface area contributed by atoms with Gasteiger partial charge >= 0.3 is 10.6 Å². The van der Waals surface area contributed by atoms with Crippen molar-refractivity contribution in [3.8, 4) is 5.88 Å². The third-order valence-corrected chi connectivity index (χ3v) is 6.34. The summed E-state index contributed by atoms with van der Waals surface area (Å²) >= 11 is 6.08. The van der Waals surface area contributed by atoms with Gasteiger partial charge in [0.25, 0.3) is 15.7 Å². The number of rotatable bonds is 8. The molecule has 0 fully saturated rings. The number of aryl methyl sites for hydroxylation is 1. The van der Waals surface area contributed by atoms with E-state index >= 15 is 0 Å². The summed E-state index contributed by atoms with van der Waals surface area (Å²) in [5.74, 6) is -1.09. The zero-order valence-electron chi connectivity index (χ0n) is 22.5. The molecule has 0 spiro atoms. The van der Waals surface area contributed by atoms with Gasteiger partial charge in [0.15, 0.2) is 11.6 Å². The van der Waals surface area contributed by atoms with Crippen molar-refractivity contribution in [2.24, 2.45) is 17.3 Å². The van der Waals surface area contributed by atoms with Crippen LogP contribution in [0.15, 0.2) is 63.6 Å². The number of hydrogen-bond acceptors (Lipinski definition) is 14. The summed E-state index contributed by atoms with van der Waals surface area (Å²) in [6.07, 6.45) is 0. The molecule has 0 aliphatic rings. The fourth-order valence-corrected chi connectivity index (χ4v) is 4.38. The fraction of sp³-hybridized carbons (Fsp3) is 0.167. The van der Waals surface area contributed by atoms with Crippen molar-refractivity contribution in [2.45, 2.75) is 19.6 Å². The Hall–Kier alpha value is -4.78. The maximum absolute atomic E-state index is 12.7. The molecular weight excluding hydrogens is 628 g/mol. The molecule has 4 rings (SSSR count). The summed E-state index contributed by atoms with van der Waals surface area (Å²) in [6.45, 7) is 3.38. The van der Waals surface area contributed by atoms with E-state index in [1.807, 2.05) is 31.2 Å². The van der Waals surface area contributed by atoms with E-state index in [0.717, 1.165) is 15.8 Å². The van der Waals surface area contributed by atoms with Crippen molar-refractivity contribution in [1.82, 2.24) is 19.5 Å². The van der Waals surface area contributed by atoms with Crippen LogP contribution < -0.4 is 16.2 Å². The van der Waals surface area contributed by atoms with Crippen LogP contribution in [0, 0.1) is 13.8 Å². The Morgan fingerprint density at radius 3 is 2.14 bits per heavy atom. The number of pyridine rings is 1. The number of nitrogens with one attached hydrogen (secondary N) is 2. The topological polar surface area (TPSA) is 235 Å². The molecule has 228 valence electrons. The molecule has 0 unspecified atom stereocenters. The van der Waals surface area contributed by atoms with E-state index in [1.54, 1.807) is 24.3 Å². The Morgan fingerprint density at radius 2 is 1.56 bits per heavy atom. The van der Waals surface area contributed by atoms with Crippen molar-refractivity contribution in [2.75, 3.05) is 10.6 Å². The first kappa shape index (κ1) is 32.7. The van der Waals surface area contributed by atoms with E-state index in [-0.39, 0.29) is 35.4 Å². The van der Waals surface area contributed by atoms with Crippen molar-refractivity contribution in [3.05, 3.63) is 80.9 Å². The maximum atomic E-state index is 12.7. The molecular formula is C24H25ClN8O8S2. The van der Waals surface area contributed by atoms with Gasteiger partial charge in [0, 0.05) is 25.4 Å². The zero-order valence-corrected chi connectivity index (χ0v) is 24.9. The second kappa shape index (κ2) is 13.9. The minimum absolute atomic E-state index is 0. The standard InChI is InChI=1S/C24H23ClN8O5S.O3S.H2/c1-13-7-9-15(10-8-13)26-23-28-22(25)29-24(30-23)27-16-5-4-6-17(11-16)31-32-19-14(2)18(12-39(36,37)38)20(34)33(3)21(19)35;1-4(2)3;/h4-11,34H,12H2,1-3H3,(H,36,37,38)(H2,26,27,28,29,30);;1H. The molecule has 2 aromatic carbocycles. The first-order valence-corrected chi connectivity index (χ1v) is 14.8. The Morgan fingerprint density at radius 1 is 0.977 bits per heavy atom. The van der Waals surface area contributed by atoms with Crippen molar-refractivity contribution in [1.29, 1.82) is 0 Å². The molecule has 0 saturated heterocycles. The molecule has 2 heterocycles. The molecule has 0 amide bonds. The van der Waals surface area contributed by atoms with Crippen LogP contribution in [0.4, 0.5) is 34.6 Å². The Bertz CT molecular complexity index is 1970. The van der Waals surface area contributed by atoms with Crippen LogP contribution in [-0.2, 0) is 33.5 Å². The largest absolute Gasteiger partial charge is 0.494 e. The number of benzene rings is 2. The van der Waals surface area contributed by atoms with Gasteiger partial charge < -0.3 is 15.7 Å². The summed E-state index contributed by atoms with van der Waals surface area (Å²) in [7, 11) is -6.35. The van der Waals surface area contributed by atoms with Gasteiger partial charge in [0.1, 0.15) is 5.75 Å². The van der Waals surface area contributed by atoms with Crippen LogP contribution >= 0.6 is 11.6 Å². The minimum Gasteiger partial charge on any atom is -0.494 e. The van der Waals surface area contributed by atoms with E-state index in [0.29, 0.717) is 11.4 Å². The quantitative estimate of drug-likeness (QED) is 0.155. The van der Waals surface area contributed by atoms with Gasteiger partial charge in [-0.3, -0.25) is 13.9 Å². The third kappa shape index (κ3) is 9.64. The molecule has 43 heavy (non-hydrogen) atoms. The summed E-state index contributed by atoms with van der Waals surface area (Å²) in [5.41, 5.74) is 1.76. The van der Waals surface area contributed by atoms with Gasteiger partial charge in [0.05, 0.1) is 5.69 Å². The highest BCUT2D eigenvalue weighted by Gasteiger charge is 2.21. The highest BCUT2D eigenvalue weighted by Crippen LogP contribution is 2.29. The lowest BCUT2D eigenvalue weighted by molar-refractivity contribution is 0.415. The fourth-order valence-electron chi connectivity index (χ4n) is 3.51. The second-order valence-corrected chi connectivity index (χ2v) is 10.9. The average Bonchev–Trinajstić information content (AvgIpc) is 2.90. The Balaban J connectivity index is 0.00000127. The zero-order chi connectivity index (χ0) is 31.9. The highest BCUT2D eigenvalue weighted by molar-refractivity contribution is 7.85. The van der Waals surface area contributed by atoms with Crippen LogP contribution in [-0.4, -0.2) is 50.2 Å². The maximum Gasteiger partial charge on any atom is 0.425 e. The number of aromatic hydroxyl groups is 1. The van der Waals surface area contributed by atoms with E-state index in [1.165, 1.54) is 14.0 Å². The molecule has 2 aromatic heterocycles. The van der Waals surface area contributed by atoms with Crippen molar-refractivity contribution < 1.29 is 32.1 Å². The molecule has 4 N–H and O–H groups in total. The van der Waals surface area contributed by atoms with Crippen LogP contribution in [0.1, 0.15) is 18.1 Å². The summed E-state index contributed by atoms with van der Waals surface area (Å²) in [4.78, 5) is 25.2. The van der Waals surface area contributed by atoms with Gasteiger partial charge in [0.2, 0.25) is 17.2 Å². The van der Waals surface area contributed by atoms with Gasteiger partial charge in [-0.1, -0.05) is 23.8 Å². The average molecular weight is 653 g/mol. The lowest BCUT2D eigenvalue weighted by atomic mass is 10.1. The monoisotopic (exact) mass is 652 g/mol. The lowest BCUT2D eigenvalue weighted by Gasteiger charge is -2.12. The normalized spacial score (nSPS) is 11.1. The number of aromatic nitrogens is 4. The SMILES string of the molecule is Cc1ccc(Nc2nc(Cl)nc(Nc3cccc(N=Nc4c(C)c(CS(=O)(=O)O)c(O)n(C)c4=O)c3)n2)cc1.O=S(=O)=O.[HH]. The first-order valence-electron chi connectivity index (χ1n) is 11.8. The van der Waals surface area contributed by atoms with Crippen LogP contribution in [0.3, 0.4) is 0 Å².